The number of aromatic nitrogens is 2. The van der Waals surface area contributed by atoms with Gasteiger partial charge in [0.25, 0.3) is 6.43 Å². The zero-order chi connectivity index (χ0) is 13.3. The topological polar surface area (TPSA) is 61.0 Å². The van der Waals surface area contributed by atoms with Crippen LogP contribution in [0.4, 0.5) is 14.5 Å². The molecule has 0 saturated heterocycles. The molecule has 0 spiro atoms. The Hall–Kier alpha value is -1.53. The molecule has 1 aliphatic carbocycles. The number of hydrogen-bond acceptors (Lipinski definition) is 3. The number of alkyl halides is 2. The van der Waals surface area contributed by atoms with E-state index in [1.165, 1.54) is 4.68 Å². The zero-order valence-corrected chi connectivity index (χ0v) is 10.1. The molecule has 0 atom stereocenters. The van der Waals surface area contributed by atoms with Gasteiger partial charge in [0.05, 0.1) is 11.0 Å². The summed E-state index contributed by atoms with van der Waals surface area (Å²) in [4.78, 5) is 9.90. The highest BCUT2D eigenvalue weighted by Gasteiger charge is 2.29. The molecule has 18 heavy (non-hydrogen) atoms. The second-order valence-electron chi connectivity index (χ2n) is 4.85. The van der Waals surface area contributed by atoms with Gasteiger partial charge >= 0.3 is 5.69 Å². The van der Waals surface area contributed by atoms with E-state index in [1.54, 1.807) is 0 Å². The van der Waals surface area contributed by atoms with E-state index in [9.17, 15) is 18.9 Å². The van der Waals surface area contributed by atoms with Crippen LogP contribution in [0.3, 0.4) is 0 Å². The van der Waals surface area contributed by atoms with Crippen molar-refractivity contribution in [2.45, 2.75) is 45.1 Å². The molecule has 1 aromatic rings. The molecular formula is C11H15F2N3O2. The van der Waals surface area contributed by atoms with Crippen molar-refractivity contribution in [2.24, 2.45) is 5.92 Å². The fourth-order valence-electron chi connectivity index (χ4n) is 2.39. The smallest absolute Gasteiger partial charge is 0.262 e. The molecule has 1 aromatic heterocycles. The van der Waals surface area contributed by atoms with Gasteiger partial charge in [0.1, 0.15) is 6.20 Å². The Morgan fingerprint density at radius 1 is 1.44 bits per heavy atom. The molecule has 1 fully saturated rings. The van der Waals surface area contributed by atoms with Crippen molar-refractivity contribution in [2.75, 3.05) is 0 Å². The van der Waals surface area contributed by atoms with Gasteiger partial charge in [-0.3, -0.25) is 14.8 Å². The maximum absolute atomic E-state index is 12.7. The van der Waals surface area contributed by atoms with Gasteiger partial charge in [0, 0.05) is 0 Å². The summed E-state index contributed by atoms with van der Waals surface area (Å²) in [5.41, 5.74) is -1.30. The van der Waals surface area contributed by atoms with E-state index in [-0.39, 0.29) is 6.04 Å². The Balaban J connectivity index is 2.24. The van der Waals surface area contributed by atoms with E-state index in [2.05, 4.69) is 12.0 Å². The molecule has 1 heterocycles. The first-order valence-corrected chi connectivity index (χ1v) is 6.00. The third kappa shape index (κ3) is 2.49. The molecular weight excluding hydrogens is 244 g/mol. The zero-order valence-electron chi connectivity index (χ0n) is 10.1. The monoisotopic (exact) mass is 259 g/mol. The van der Waals surface area contributed by atoms with Crippen LogP contribution in [0.2, 0.25) is 0 Å². The van der Waals surface area contributed by atoms with Crippen molar-refractivity contribution < 1.29 is 13.7 Å². The molecule has 0 N–H and O–H groups in total. The van der Waals surface area contributed by atoms with Gasteiger partial charge in [-0.05, 0) is 31.6 Å². The number of nitrogens with zero attached hydrogens (tertiary/aromatic N) is 3. The first-order chi connectivity index (χ1) is 8.49. The Bertz CT molecular complexity index is 439. The van der Waals surface area contributed by atoms with Crippen LogP contribution in [0.25, 0.3) is 0 Å². The lowest BCUT2D eigenvalue weighted by Crippen LogP contribution is -2.17. The molecule has 5 nitrogen and oxygen atoms in total. The predicted molar refractivity (Wildman–Crippen MR) is 60.5 cm³/mol. The summed E-state index contributed by atoms with van der Waals surface area (Å²) in [6.45, 7) is 2.15. The summed E-state index contributed by atoms with van der Waals surface area (Å²) in [5.74, 6) is 0.626. The van der Waals surface area contributed by atoms with E-state index in [0.717, 1.165) is 31.9 Å². The minimum Gasteiger partial charge on any atom is -0.262 e. The maximum Gasteiger partial charge on any atom is 0.316 e. The van der Waals surface area contributed by atoms with Crippen LogP contribution >= 0.6 is 0 Å². The summed E-state index contributed by atoms with van der Waals surface area (Å²) in [6.07, 6.45) is 1.91. The van der Waals surface area contributed by atoms with Crippen LogP contribution in [-0.4, -0.2) is 14.7 Å². The minimum atomic E-state index is -2.91. The van der Waals surface area contributed by atoms with Gasteiger partial charge in [0.15, 0.2) is 0 Å². The number of rotatable bonds is 3. The fourth-order valence-corrected chi connectivity index (χ4v) is 2.39. The molecule has 0 amide bonds. The fraction of sp³-hybridized carbons (Fsp3) is 0.727. The van der Waals surface area contributed by atoms with Crippen LogP contribution in [0, 0.1) is 16.0 Å². The Morgan fingerprint density at radius 3 is 2.50 bits per heavy atom. The summed E-state index contributed by atoms with van der Waals surface area (Å²) in [6, 6.07) is 0.00685. The predicted octanol–water partition coefficient (Wildman–Crippen LogP) is 3.48. The van der Waals surface area contributed by atoms with Crippen LogP contribution in [-0.2, 0) is 0 Å². The minimum absolute atomic E-state index is 0.00685. The van der Waals surface area contributed by atoms with E-state index < -0.39 is 22.7 Å². The molecule has 0 bridgehead atoms. The standard InChI is InChI=1S/C11H15F2N3O2/c1-7-2-4-8(5-3-7)15-6-9(16(17)18)10(14-15)11(12)13/h6-8,11H,2-5H2,1H3. The summed E-state index contributed by atoms with van der Waals surface area (Å²) < 4.78 is 26.7. The van der Waals surface area contributed by atoms with Gasteiger partial charge in [-0.1, -0.05) is 6.92 Å². The Morgan fingerprint density at radius 2 is 2.06 bits per heavy atom. The van der Waals surface area contributed by atoms with Crippen LogP contribution in [0.15, 0.2) is 6.20 Å². The van der Waals surface area contributed by atoms with E-state index in [4.69, 9.17) is 0 Å². The molecule has 0 aliphatic heterocycles. The average molecular weight is 259 g/mol. The number of halogens is 2. The first-order valence-electron chi connectivity index (χ1n) is 6.00. The van der Waals surface area contributed by atoms with Crippen molar-refractivity contribution in [3.63, 3.8) is 0 Å². The normalized spacial score (nSPS) is 24.4. The highest BCUT2D eigenvalue weighted by Crippen LogP contribution is 2.34. The lowest BCUT2D eigenvalue weighted by Gasteiger charge is -2.26. The largest absolute Gasteiger partial charge is 0.316 e. The molecule has 7 heteroatoms. The maximum atomic E-state index is 12.7. The van der Waals surface area contributed by atoms with Gasteiger partial charge in [-0.2, -0.15) is 5.10 Å². The Kier molecular flexibility index (Phi) is 3.58. The van der Waals surface area contributed by atoms with Gasteiger partial charge in [-0.15, -0.1) is 0 Å². The molecule has 1 saturated carbocycles. The SMILES string of the molecule is CC1CCC(n2cc([N+](=O)[O-])c(C(F)F)n2)CC1. The summed E-state index contributed by atoms with van der Waals surface area (Å²) in [5, 5.41) is 14.4. The molecule has 2 rings (SSSR count). The molecule has 1 aliphatic rings. The van der Waals surface area contributed by atoms with Crippen LogP contribution in [0.1, 0.15) is 50.8 Å². The second-order valence-corrected chi connectivity index (χ2v) is 4.85. The van der Waals surface area contributed by atoms with Crippen LogP contribution < -0.4 is 0 Å². The highest BCUT2D eigenvalue weighted by atomic mass is 19.3. The number of hydrogen-bond donors (Lipinski definition) is 0. The number of nitro groups is 1. The van der Waals surface area contributed by atoms with E-state index >= 15 is 0 Å². The lowest BCUT2D eigenvalue weighted by atomic mass is 9.87. The van der Waals surface area contributed by atoms with Gasteiger partial charge in [0.2, 0.25) is 5.69 Å². The molecule has 100 valence electrons. The molecule has 0 radical (unpaired) electrons. The molecule has 0 unspecified atom stereocenters. The third-order valence-corrected chi connectivity index (χ3v) is 3.50. The average Bonchev–Trinajstić information content (AvgIpc) is 2.75. The van der Waals surface area contributed by atoms with Gasteiger partial charge in [-0.25, -0.2) is 8.78 Å². The van der Waals surface area contributed by atoms with E-state index in [0.29, 0.717) is 5.92 Å². The van der Waals surface area contributed by atoms with Crippen molar-refractivity contribution in [1.82, 2.24) is 9.78 Å². The third-order valence-electron chi connectivity index (χ3n) is 3.50. The van der Waals surface area contributed by atoms with E-state index in [1.807, 2.05) is 0 Å². The van der Waals surface area contributed by atoms with Crippen molar-refractivity contribution >= 4 is 5.69 Å². The molecule has 0 aromatic carbocycles. The van der Waals surface area contributed by atoms with Crippen molar-refractivity contribution in [3.05, 3.63) is 22.0 Å². The summed E-state index contributed by atoms with van der Waals surface area (Å²) in [7, 11) is 0. The quantitative estimate of drug-likeness (QED) is 0.616. The first kappa shape index (κ1) is 12.9. The van der Waals surface area contributed by atoms with Crippen molar-refractivity contribution in [1.29, 1.82) is 0 Å². The highest BCUT2D eigenvalue weighted by molar-refractivity contribution is 5.33. The lowest BCUT2D eigenvalue weighted by molar-refractivity contribution is -0.386. The Labute approximate surface area is 103 Å². The van der Waals surface area contributed by atoms with Crippen LogP contribution in [0.5, 0.6) is 0 Å². The van der Waals surface area contributed by atoms with Crippen molar-refractivity contribution in [3.8, 4) is 0 Å². The van der Waals surface area contributed by atoms with Gasteiger partial charge < -0.3 is 0 Å². The second kappa shape index (κ2) is 4.99. The summed E-state index contributed by atoms with van der Waals surface area (Å²) >= 11 is 0.